The van der Waals surface area contributed by atoms with Crippen LogP contribution in [0.1, 0.15) is 24.4 Å². The van der Waals surface area contributed by atoms with Crippen LogP contribution < -0.4 is 5.32 Å². The molecule has 2 aromatic carbocycles. The van der Waals surface area contributed by atoms with Gasteiger partial charge in [0.15, 0.2) is 6.04 Å². The third-order valence-electron chi connectivity index (χ3n) is 4.05. The monoisotopic (exact) mass is 397 g/mol. The molecule has 0 spiro atoms. The number of nitrogens with zero attached hydrogens (tertiary/aromatic N) is 4. The van der Waals surface area contributed by atoms with Gasteiger partial charge in [0, 0.05) is 16.1 Å². The minimum absolute atomic E-state index is 0.103. The maximum atomic E-state index is 12.7. The van der Waals surface area contributed by atoms with Gasteiger partial charge in [0.1, 0.15) is 0 Å². The quantitative estimate of drug-likeness (QED) is 0.717. The molecular weight excluding hydrogens is 382 g/mol. The number of aromatic nitrogens is 4. The number of halogens is 1. The summed E-state index contributed by atoms with van der Waals surface area (Å²) in [5, 5.41) is 15.8. The number of carbonyl (C=O) groups is 1. The van der Waals surface area contributed by atoms with Crippen LogP contribution in [0.3, 0.4) is 0 Å². The van der Waals surface area contributed by atoms with Gasteiger partial charge in [-0.25, -0.2) is 0 Å². The highest BCUT2D eigenvalue weighted by atomic mass is 79.9. The molecule has 1 aliphatic rings. The second-order valence-electron chi connectivity index (χ2n) is 6.04. The maximum Gasteiger partial charge on any atom is 0.251 e. The first-order valence-corrected chi connectivity index (χ1v) is 8.91. The zero-order valence-electron chi connectivity index (χ0n) is 13.3. The standard InChI is InChI=1S/C18H16BrN5O/c19-14-8-6-13(7-9-14)17-21-23-24(22-17)16(12-4-2-1-3-5-12)18(25)20-15-10-11-15/h1-9,15-16H,10-11H2,(H,20,25). The Morgan fingerprint density at radius 1 is 1.12 bits per heavy atom. The lowest BCUT2D eigenvalue weighted by Gasteiger charge is -2.15. The van der Waals surface area contributed by atoms with Crippen molar-refractivity contribution in [1.82, 2.24) is 25.5 Å². The Morgan fingerprint density at radius 3 is 2.52 bits per heavy atom. The number of tetrazole rings is 1. The van der Waals surface area contributed by atoms with Crippen LogP contribution in [0.25, 0.3) is 11.4 Å². The molecule has 1 aromatic heterocycles. The van der Waals surface area contributed by atoms with Crippen LogP contribution in [0.4, 0.5) is 0 Å². The molecule has 1 aliphatic carbocycles. The number of amides is 1. The van der Waals surface area contributed by atoms with Crippen LogP contribution in [0, 0.1) is 0 Å². The Balaban J connectivity index is 1.67. The summed E-state index contributed by atoms with van der Waals surface area (Å²) in [5.41, 5.74) is 1.68. The molecule has 1 heterocycles. The van der Waals surface area contributed by atoms with Gasteiger partial charge in [-0.15, -0.1) is 15.0 Å². The Labute approximate surface area is 153 Å². The van der Waals surface area contributed by atoms with Gasteiger partial charge in [-0.05, 0) is 47.9 Å². The van der Waals surface area contributed by atoms with Crippen molar-refractivity contribution in [3.05, 3.63) is 64.6 Å². The number of rotatable bonds is 5. The lowest BCUT2D eigenvalue weighted by Crippen LogP contribution is -2.35. The van der Waals surface area contributed by atoms with Crippen LogP contribution in [0.15, 0.2) is 59.1 Å². The van der Waals surface area contributed by atoms with Gasteiger partial charge < -0.3 is 5.32 Å². The molecule has 126 valence electrons. The van der Waals surface area contributed by atoms with Gasteiger partial charge in [0.2, 0.25) is 5.82 Å². The predicted molar refractivity (Wildman–Crippen MR) is 96.7 cm³/mol. The van der Waals surface area contributed by atoms with Gasteiger partial charge >= 0.3 is 0 Å². The fraction of sp³-hybridized carbons (Fsp3) is 0.222. The van der Waals surface area contributed by atoms with Crippen LogP contribution in [-0.4, -0.2) is 32.2 Å². The van der Waals surface area contributed by atoms with E-state index in [2.05, 4.69) is 36.7 Å². The van der Waals surface area contributed by atoms with Gasteiger partial charge in [-0.1, -0.05) is 46.3 Å². The summed E-state index contributed by atoms with van der Waals surface area (Å²) in [4.78, 5) is 14.1. The second kappa shape index (κ2) is 6.76. The number of carbonyl (C=O) groups excluding carboxylic acids is 1. The van der Waals surface area contributed by atoms with Crippen LogP contribution in [-0.2, 0) is 4.79 Å². The van der Waals surface area contributed by atoms with Crippen molar-refractivity contribution in [3.63, 3.8) is 0 Å². The van der Waals surface area contributed by atoms with E-state index < -0.39 is 6.04 Å². The molecule has 0 radical (unpaired) electrons. The van der Waals surface area contributed by atoms with Gasteiger partial charge in [-0.2, -0.15) is 0 Å². The Bertz CT molecular complexity index is 874. The number of nitrogens with one attached hydrogen (secondary N) is 1. The summed E-state index contributed by atoms with van der Waals surface area (Å²) < 4.78 is 0.981. The number of hydrogen-bond donors (Lipinski definition) is 1. The third kappa shape index (κ3) is 3.61. The van der Waals surface area contributed by atoms with Gasteiger partial charge in [-0.3, -0.25) is 4.79 Å². The highest BCUT2D eigenvalue weighted by Gasteiger charge is 2.31. The predicted octanol–water partition coefficient (Wildman–Crippen LogP) is 2.97. The van der Waals surface area contributed by atoms with Crippen molar-refractivity contribution in [1.29, 1.82) is 0 Å². The average molecular weight is 398 g/mol. The molecule has 7 heteroatoms. The van der Waals surface area contributed by atoms with Crippen LogP contribution >= 0.6 is 15.9 Å². The molecule has 25 heavy (non-hydrogen) atoms. The van der Waals surface area contributed by atoms with E-state index >= 15 is 0 Å². The molecule has 1 fully saturated rings. The maximum absolute atomic E-state index is 12.7. The van der Waals surface area contributed by atoms with Crippen molar-refractivity contribution < 1.29 is 4.79 Å². The second-order valence-corrected chi connectivity index (χ2v) is 6.95. The van der Waals surface area contributed by atoms with E-state index in [1.807, 2.05) is 54.6 Å². The zero-order chi connectivity index (χ0) is 17.2. The first-order chi connectivity index (χ1) is 12.2. The van der Waals surface area contributed by atoms with E-state index in [1.165, 1.54) is 4.80 Å². The lowest BCUT2D eigenvalue weighted by atomic mass is 10.1. The van der Waals surface area contributed by atoms with E-state index in [-0.39, 0.29) is 11.9 Å². The van der Waals surface area contributed by atoms with Crippen molar-refractivity contribution in [3.8, 4) is 11.4 Å². The Hall–Kier alpha value is -2.54. The fourth-order valence-electron chi connectivity index (χ4n) is 2.58. The van der Waals surface area contributed by atoms with Gasteiger partial charge in [0.25, 0.3) is 5.91 Å². The molecule has 6 nitrogen and oxygen atoms in total. The van der Waals surface area contributed by atoms with Crippen LogP contribution in [0.5, 0.6) is 0 Å². The van der Waals surface area contributed by atoms with Gasteiger partial charge in [0.05, 0.1) is 0 Å². The molecule has 0 bridgehead atoms. The fourth-order valence-corrected chi connectivity index (χ4v) is 2.85. The van der Waals surface area contributed by atoms with Crippen LogP contribution in [0.2, 0.25) is 0 Å². The first kappa shape index (κ1) is 16.0. The zero-order valence-corrected chi connectivity index (χ0v) is 14.9. The molecular formula is C18H16BrN5O. The summed E-state index contributed by atoms with van der Waals surface area (Å²) in [6.07, 6.45) is 2.06. The third-order valence-corrected chi connectivity index (χ3v) is 4.58. The van der Waals surface area contributed by atoms with E-state index in [4.69, 9.17) is 0 Å². The summed E-state index contributed by atoms with van der Waals surface area (Å²) in [6, 6.07) is 16.8. The average Bonchev–Trinajstić information content (AvgIpc) is 3.31. The summed E-state index contributed by atoms with van der Waals surface area (Å²) >= 11 is 3.41. The summed E-state index contributed by atoms with van der Waals surface area (Å²) in [7, 11) is 0. The smallest absolute Gasteiger partial charge is 0.251 e. The van der Waals surface area contributed by atoms with E-state index in [0.29, 0.717) is 5.82 Å². The topological polar surface area (TPSA) is 72.7 Å². The van der Waals surface area contributed by atoms with Crippen molar-refractivity contribution in [2.24, 2.45) is 0 Å². The minimum atomic E-state index is -0.626. The highest BCUT2D eigenvalue weighted by molar-refractivity contribution is 9.10. The van der Waals surface area contributed by atoms with E-state index in [9.17, 15) is 4.79 Å². The SMILES string of the molecule is O=C(NC1CC1)C(c1ccccc1)n1nnc(-c2ccc(Br)cc2)n1. The van der Waals surface area contributed by atoms with E-state index in [1.54, 1.807) is 0 Å². The lowest BCUT2D eigenvalue weighted by molar-refractivity contribution is -0.123. The minimum Gasteiger partial charge on any atom is -0.351 e. The highest BCUT2D eigenvalue weighted by Crippen LogP contribution is 2.24. The Morgan fingerprint density at radius 2 is 1.84 bits per heavy atom. The van der Waals surface area contributed by atoms with E-state index in [0.717, 1.165) is 28.4 Å². The molecule has 3 aromatic rings. The van der Waals surface area contributed by atoms with Crippen molar-refractivity contribution in [2.45, 2.75) is 24.9 Å². The molecule has 1 unspecified atom stereocenters. The number of hydrogen-bond acceptors (Lipinski definition) is 4. The Kier molecular flexibility index (Phi) is 4.31. The van der Waals surface area contributed by atoms with Crippen molar-refractivity contribution >= 4 is 21.8 Å². The molecule has 4 rings (SSSR count). The molecule has 0 aliphatic heterocycles. The largest absolute Gasteiger partial charge is 0.351 e. The normalized spacial score (nSPS) is 14.9. The molecule has 1 atom stereocenters. The van der Waals surface area contributed by atoms with Crippen molar-refractivity contribution in [2.75, 3.05) is 0 Å². The summed E-state index contributed by atoms with van der Waals surface area (Å²) in [6.45, 7) is 0. The summed E-state index contributed by atoms with van der Waals surface area (Å²) in [5.74, 6) is 0.390. The first-order valence-electron chi connectivity index (χ1n) is 8.11. The molecule has 0 saturated heterocycles. The molecule has 1 N–H and O–H groups in total. The molecule has 1 saturated carbocycles. The number of benzene rings is 2. The molecule has 1 amide bonds.